The number of halogens is 3. The van der Waals surface area contributed by atoms with Crippen molar-refractivity contribution in [1.29, 1.82) is 0 Å². The van der Waals surface area contributed by atoms with Crippen LogP contribution in [0, 0.1) is 0 Å². The molecule has 23 heavy (non-hydrogen) atoms. The number of ether oxygens (including phenoxy) is 1. The number of nitrogen functional groups attached to an aromatic ring is 1. The van der Waals surface area contributed by atoms with Crippen LogP contribution in [0.1, 0.15) is 36.7 Å². The number of nitrogens with two attached hydrogens (primary N) is 1. The Hall–Kier alpha value is -1.24. The van der Waals surface area contributed by atoms with Crippen molar-refractivity contribution in [1.82, 2.24) is 4.90 Å². The van der Waals surface area contributed by atoms with Gasteiger partial charge >= 0.3 is 11.7 Å². The third kappa shape index (κ3) is 4.00. The quantitative estimate of drug-likeness (QED) is 0.644. The van der Waals surface area contributed by atoms with Crippen LogP contribution in [0.15, 0.2) is 0 Å². The highest BCUT2D eigenvalue weighted by atomic mass is 35.5. The molecule has 0 aromatic carbocycles. The van der Waals surface area contributed by atoms with Crippen molar-refractivity contribution in [3.05, 3.63) is 20.9 Å². The zero-order chi connectivity index (χ0) is 17.1. The number of anilines is 1. The van der Waals surface area contributed by atoms with Crippen LogP contribution in [0.25, 0.3) is 0 Å². The summed E-state index contributed by atoms with van der Waals surface area (Å²) in [7, 11) is 0. The van der Waals surface area contributed by atoms with Crippen LogP contribution in [-0.2, 0) is 9.53 Å². The summed E-state index contributed by atoms with van der Waals surface area (Å²) in [5, 5.41) is -0.105. The molecule has 2 heterocycles. The van der Waals surface area contributed by atoms with Gasteiger partial charge in [0.1, 0.15) is 10.0 Å². The van der Waals surface area contributed by atoms with E-state index in [-0.39, 0.29) is 45.1 Å². The SMILES string of the molecule is C[C@@H]1CCCCN1C(=O)COC(=O)c1[nH+]c(Cl)c(Cl)c(N)c1Cl. The number of hydrogen-bond acceptors (Lipinski definition) is 4. The summed E-state index contributed by atoms with van der Waals surface area (Å²) in [4.78, 5) is 28.5. The van der Waals surface area contributed by atoms with Crippen LogP contribution in [-0.4, -0.2) is 36.0 Å². The lowest BCUT2D eigenvalue weighted by Crippen LogP contribution is -2.44. The molecule has 0 radical (unpaired) electrons. The maximum atomic E-state index is 12.2. The highest BCUT2D eigenvalue weighted by molar-refractivity contribution is 6.45. The van der Waals surface area contributed by atoms with Gasteiger partial charge in [-0.25, -0.2) is 4.79 Å². The zero-order valence-corrected chi connectivity index (χ0v) is 14.8. The number of aromatic nitrogens is 1. The first-order valence-corrected chi connectivity index (χ1v) is 8.28. The summed E-state index contributed by atoms with van der Waals surface area (Å²) in [5.74, 6) is -1.06. The topological polar surface area (TPSA) is 86.8 Å². The molecule has 1 atom stereocenters. The Balaban J connectivity index is 2.04. The van der Waals surface area contributed by atoms with Gasteiger partial charge in [-0.2, -0.15) is 4.98 Å². The molecular weight excluding hydrogens is 365 g/mol. The number of hydrogen-bond donors (Lipinski definition) is 1. The molecule has 1 saturated heterocycles. The van der Waals surface area contributed by atoms with Gasteiger partial charge in [0.15, 0.2) is 6.61 Å². The molecule has 1 aromatic rings. The Kier molecular flexibility index (Phi) is 5.95. The second-order valence-corrected chi connectivity index (χ2v) is 6.50. The van der Waals surface area contributed by atoms with Crippen molar-refractivity contribution < 1.29 is 19.3 Å². The standard InChI is InChI=1S/C14H16Cl3N3O3/c1-7-4-2-3-5-20(7)8(21)6-23-14(22)12-9(15)11(18)10(16)13(17)19-12/h7H,2-6H2,1H3,(H2,18,19)/p+1/t7-/m1/s1. The predicted molar refractivity (Wildman–Crippen MR) is 87.7 cm³/mol. The summed E-state index contributed by atoms with van der Waals surface area (Å²) in [6.07, 6.45) is 2.99. The molecule has 1 aliphatic rings. The molecule has 3 N–H and O–H groups in total. The summed E-state index contributed by atoms with van der Waals surface area (Å²) >= 11 is 17.6. The molecule has 9 heteroatoms. The van der Waals surface area contributed by atoms with Gasteiger partial charge in [0, 0.05) is 12.6 Å². The summed E-state index contributed by atoms with van der Waals surface area (Å²) < 4.78 is 5.02. The number of pyridine rings is 1. The maximum Gasteiger partial charge on any atom is 0.405 e. The van der Waals surface area contributed by atoms with Gasteiger partial charge in [-0.1, -0.05) is 23.2 Å². The Labute approximate surface area is 148 Å². The van der Waals surface area contributed by atoms with Crippen molar-refractivity contribution in [3.63, 3.8) is 0 Å². The normalized spacial score (nSPS) is 17.9. The highest BCUT2D eigenvalue weighted by Gasteiger charge is 2.29. The van der Waals surface area contributed by atoms with Crippen molar-refractivity contribution >= 4 is 52.4 Å². The van der Waals surface area contributed by atoms with E-state index in [9.17, 15) is 9.59 Å². The van der Waals surface area contributed by atoms with Crippen LogP contribution in [0.4, 0.5) is 5.69 Å². The van der Waals surface area contributed by atoms with E-state index in [1.54, 1.807) is 4.90 Å². The van der Waals surface area contributed by atoms with Crippen molar-refractivity contribution in [3.8, 4) is 0 Å². The monoisotopic (exact) mass is 380 g/mol. The lowest BCUT2D eigenvalue weighted by atomic mass is 10.0. The van der Waals surface area contributed by atoms with Gasteiger partial charge in [0.05, 0.1) is 5.69 Å². The Morgan fingerprint density at radius 3 is 2.65 bits per heavy atom. The van der Waals surface area contributed by atoms with Crippen LogP contribution in [0.5, 0.6) is 0 Å². The lowest BCUT2D eigenvalue weighted by molar-refractivity contribution is -0.380. The van der Waals surface area contributed by atoms with Gasteiger partial charge in [0.2, 0.25) is 0 Å². The number of esters is 1. The molecule has 0 bridgehead atoms. The van der Waals surface area contributed by atoms with Gasteiger partial charge in [-0.05, 0) is 37.8 Å². The van der Waals surface area contributed by atoms with E-state index in [4.69, 9.17) is 45.3 Å². The largest absolute Gasteiger partial charge is 0.448 e. The molecule has 126 valence electrons. The fraction of sp³-hybridized carbons (Fsp3) is 0.500. The van der Waals surface area contributed by atoms with Crippen molar-refractivity contribution in [2.45, 2.75) is 32.2 Å². The summed E-state index contributed by atoms with van der Waals surface area (Å²) in [5.41, 5.74) is 5.49. The minimum Gasteiger partial charge on any atom is -0.448 e. The van der Waals surface area contributed by atoms with Crippen LogP contribution in [0.3, 0.4) is 0 Å². The number of likely N-dealkylation sites (tertiary alicyclic amines) is 1. The third-order valence-electron chi connectivity index (χ3n) is 3.77. The van der Waals surface area contributed by atoms with E-state index in [0.717, 1.165) is 19.3 Å². The second-order valence-electron chi connectivity index (χ2n) is 5.36. The molecule has 0 unspecified atom stereocenters. The van der Waals surface area contributed by atoms with Crippen LogP contribution >= 0.6 is 34.8 Å². The third-order valence-corrected chi connectivity index (χ3v) is 4.94. The Bertz CT molecular complexity index is 639. The number of nitrogens with one attached hydrogen (secondary N) is 1. The molecule has 0 spiro atoms. The molecule has 1 amide bonds. The molecule has 0 saturated carbocycles. The number of piperidine rings is 1. The van der Waals surface area contributed by atoms with Gasteiger partial charge in [-0.3, -0.25) is 4.79 Å². The molecule has 6 nitrogen and oxygen atoms in total. The predicted octanol–water partition coefficient (Wildman–Crippen LogP) is 2.60. The minimum absolute atomic E-state index is 0.0198. The maximum absolute atomic E-state index is 12.2. The smallest absolute Gasteiger partial charge is 0.405 e. The summed E-state index contributed by atoms with van der Waals surface area (Å²) in [6.45, 7) is 2.28. The summed E-state index contributed by atoms with van der Waals surface area (Å²) in [6, 6.07) is 0.144. The molecule has 2 rings (SSSR count). The van der Waals surface area contributed by atoms with Crippen molar-refractivity contribution in [2.75, 3.05) is 18.9 Å². The number of amides is 1. The lowest BCUT2D eigenvalue weighted by Gasteiger charge is -2.33. The molecule has 1 fully saturated rings. The fourth-order valence-electron chi connectivity index (χ4n) is 2.46. The average molecular weight is 382 g/mol. The van der Waals surface area contributed by atoms with E-state index >= 15 is 0 Å². The minimum atomic E-state index is -0.821. The van der Waals surface area contributed by atoms with E-state index in [0.29, 0.717) is 6.54 Å². The van der Waals surface area contributed by atoms with E-state index < -0.39 is 5.97 Å². The number of nitrogens with zero attached hydrogens (tertiary/aromatic N) is 1. The fourth-order valence-corrected chi connectivity index (χ4v) is 3.07. The number of carbonyl (C=O) groups excluding carboxylic acids is 2. The van der Waals surface area contributed by atoms with E-state index in [1.165, 1.54) is 0 Å². The first kappa shape index (κ1) is 18.1. The highest BCUT2D eigenvalue weighted by Crippen LogP contribution is 2.32. The first-order chi connectivity index (χ1) is 10.8. The zero-order valence-electron chi connectivity index (χ0n) is 12.5. The molecule has 0 aliphatic carbocycles. The number of aromatic amines is 1. The second kappa shape index (κ2) is 7.55. The molecule has 1 aliphatic heterocycles. The van der Waals surface area contributed by atoms with Gasteiger partial charge in [-0.15, -0.1) is 0 Å². The first-order valence-electron chi connectivity index (χ1n) is 7.14. The Morgan fingerprint density at radius 2 is 2.00 bits per heavy atom. The van der Waals surface area contributed by atoms with E-state index in [2.05, 4.69) is 4.98 Å². The van der Waals surface area contributed by atoms with Gasteiger partial charge < -0.3 is 15.4 Å². The van der Waals surface area contributed by atoms with Crippen LogP contribution in [0.2, 0.25) is 15.2 Å². The number of rotatable bonds is 3. The van der Waals surface area contributed by atoms with Crippen molar-refractivity contribution in [2.24, 2.45) is 0 Å². The van der Waals surface area contributed by atoms with Crippen LogP contribution < -0.4 is 10.7 Å². The molecule has 1 aromatic heterocycles. The number of H-pyrrole nitrogens is 1. The molecular formula is C14H17Cl3N3O3+. The average Bonchev–Trinajstić information content (AvgIpc) is 2.54. The van der Waals surface area contributed by atoms with E-state index in [1.807, 2.05) is 6.92 Å². The Morgan fingerprint density at radius 1 is 1.30 bits per heavy atom. The van der Waals surface area contributed by atoms with Gasteiger partial charge in [0.25, 0.3) is 11.1 Å². The number of carbonyl (C=O) groups is 2.